The van der Waals surface area contributed by atoms with Crippen LogP contribution in [0.1, 0.15) is 71.6 Å². The molecule has 1 aromatic heterocycles. The predicted octanol–water partition coefficient (Wildman–Crippen LogP) is 2.42. The van der Waals surface area contributed by atoms with Crippen LogP contribution in [0.2, 0.25) is 0 Å². The van der Waals surface area contributed by atoms with E-state index in [0.717, 1.165) is 25.7 Å². The Kier molecular flexibility index (Phi) is 6.68. The molecule has 1 amide bonds. The molecule has 4 aliphatic carbocycles. The first kappa shape index (κ1) is 23.6. The summed E-state index contributed by atoms with van der Waals surface area (Å²) in [6, 6.07) is 0. The van der Waals surface area contributed by atoms with Gasteiger partial charge in [-0.15, -0.1) is 0 Å². The molecule has 9 heteroatoms. The van der Waals surface area contributed by atoms with E-state index >= 15 is 0 Å². The molecule has 0 spiro atoms. The van der Waals surface area contributed by atoms with Crippen LogP contribution in [-0.2, 0) is 20.9 Å². The molecule has 0 radical (unpaired) electrons. The Balaban J connectivity index is 1.52. The molecular weight excluding hydrogens is 424 g/mol. The molecule has 0 atom stereocenters. The Morgan fingerprint density at radius 1 is 1.09 bits per heavy atom. The van der Waals surface area contributed by atoms with Crippen LogP contribution in [0.5, 0.6) is 0 Å². The first-order chi connectivity index (χ1) is 15.8. The summed E-state index contributed by atoms with van der Waals surface area (Å²) in [4.78, 5) is 54.7. The molecule has 1 heterocycles. The highest BCUT2D eigenvalue weighted by Crippen LogP contribution is 2.60. The minimum absolute atomic E-state index is 0.0394. The lowest BCUT2D eigenvalue weighted by atomic mass is 9.49. The van der Waals surface area contributed by atoms with Crippen molar-refractivity contribution in [3.05, 3.63) is 20.8 Å². The second kappa shape index (κ2) is 9.35. The third-order valence-electron chi connectivity index (χ3n) is 7.77. The number of ether oxygens (including phenoxy) is 1. The number of H-pyrrole nitrogens is 1. The number of rotatable bonds is 9. The zero-order chi connectivity index (χ0) is 23.8. The Hall–Kier alpha value is -2.58. The lowest BCUT2D eigenvalue weighted by molar-refractivity contribution is -0.172. The molecular formula is C24H36N4O5. The van der Waals surface area contributed by atoms with E-state index in [2.05, 4.69) is 4.98 Å². The van der Waals surface area contributed by atoms with Crippen molar-refractivity contribution in [2.45, 2.75) is 78.2 Å². The van der Waals surface area contributed by atoms with Gasteiger partial charge in [-0.1, -0.05) is 20.3 Å². The summed E-state index contributed by atoms with van der Waals surface area (Å²) in [5.41, 5.74) is 4.38. The predicted molar refractivity (Wildman–Crippen MR) is 125 cm³/mol. The zero-order valence-corrected chi connectivity index (χ0v) is 19.7. The zero-order valence-electron chi connectivity index (χ0n) is 19.7. The molecule has 4 bridgehead atoms. The molecule has 0 unspecified atom stereocenters. The van der Waals surface area contributed by atoms with Crippen LogP contribution < -0.4 is 21.9 Å². The SMILES string of the molecule is CCCCN(C(=O)COC(=O)C12CC3CC(CC(C3)C1)C2)c1c(N)n(CCC)c(=O)[nH]c1=O. The molecule has 5 rings (SSSR count). The van der Waals surface area contributed by atoms with Gasteiger partial charge in [0.2, 0.25) is 0 Å². The Morgan fingerprint density at radius 3 is 2.24 bits per heavy atom. The highest BCUT2D eigenvalue weighted by atomic mass is 16.5. The molecule has 1 aromatic rings. The van der Waals surface area contributed by atoms with E-state index in [9.17, 15) is 19.2 Å². The minimum atomic E-state index is -0.707. The number of amides is 1. The van der Waals surface area contributed by atoms with Gasteiger partial charge in [0.1, 0.15) is 5.82 Å². The standard InChI is InChI=1S/C24H36N4O5/c1-3-5-7-27(19-20(25)28(6-4-2)23(32)26-21(19)30)18(29)14-33-22(31)24-11-15-8-16(12-24)10-17(9-15)13-24/h15-17H,3-14,25H2,1-2H3,(H,26,30,32). The maximum absolute atomic E-state index is 13.2. The number of esters is 1. The molecule has 4 saturated carbocycles. The van der Waals surface area contributed by atoms with Gasteiger partial charge < -0.3 is 15.4 Å². The average molecular weight is 461 g/mol. The summed E-state index contributed by atoms with van der Waals surface area (Å²) in [7, 11) is 0. The average Bonchev–Trinajstić information content (AvgIpc) is 2.75. The Bertz CT molecular complexity index is 991. The number of nitrogens with two attached hydrogens (primary N) is 1. The normalized spacial score (nSPS) is 27.5. The third kappa shape index (κ3) is 4.46. The number of hydrogen-bond donors (Lipinski definition) is 2. The van der Waals surface area contributed by atoms with E-state index in [1.807, 2.05) is 13.8 Å². The van der Waals surface area contributed by atoms with Gasteiger partial charge in [0, 0.05) is 13.1 Å². The van der Waals surface area contributed by atoms with Crippen molar-refractivity contribution in [1.82, 2.24) is 9.55 Å². The molecule has 9 nitrogen and oxygen atoms in total. The molecule has 3 N–H and O–H groups in total. The number of aromatic amines is 1. The van der Waals surface area contributed by atoms with Crippen molar-refractivity contribution >= 4 is 23.4 Å². The fraction of sp³-hybridized carbons (Fsp3) is 0.750. The third-order valence-corrected chi connectivity index (χ3v) is 7.77. The van der Waals surface area contributed by atoms with Crippen LogP contribution in [0.25, 0.3) is 0 Å². The summed E-state index contributed by atoms with van der Waals surface area (Å²) in [6.07, 6.45) is 8.30. The van der Waals surface area contributed by atoms with Crippen molar-refractivity contribution in [1.29, 1.82) is 0 Å². The second-order valence-electron chi connectivity index (χ2n) is 10.3. The van der Waals surface area contributed by atoms with Crippen molar-refractivity contribution < 1.29 is 14.3 Å². The van der Waals surface area contributed by atoms with Crippen molar-refractivity contribution in [2.24, 2.45) is 23.2 Å². The van der Waals surface area contributed by atoms with Gasteiger partial charge >= 0.3 is 11.7 Å². The first-order valence-electron chi connectivity index (χ1n) is 12.4. The molecule has 33 heavy (non-hydrogen) atoms. The summed E-state index contributed by atoms with van der Waals surface area (Å²) >= 11 is 0. The summed E-state index contributed by atoms with van der Waals surface area (Å²) in [5, 5.41) is 0. The lowest BCUT2D eigenvalue weighted by Gasteiger charge is -2.55. The smallest absolute Gasteiger partial charge is 0.330 e. The van der Waals surface area contributed by atoms with Crippen LogP contribution in [0.4, 0.5) is 11.5 Å². The van der Waals surface area contributed by atoms with E-state index in [4.69, 9.17) is 10.5 Å². The molecule has 0 saturated heterocycles. The number of carbonyl (C=O) groups excluding carboxylic acids is 2. The molecule has 182 valence electrons. The summed E-state index contributed by atoms with van der Waals surface area (Å²) in [5.74, 6) is 0.974. The number of nitrogens with one attached hydrogen (secondary N) is 1. The van der Waals surface area contributed by atoms with E-state index in [1.165, 1.54) is 28.7 Å². The topological polar surface area (TPSA) is 127 Å². The Labute approximate surface area is 193 Å². The van der Waals surface area contributed by atoms with Gasteiger partial charge in [-0.2, -0.15) is 0 Å². The number of carbonyl (C=O) groups is 2. The van der Waals surface area contributed by atoms with E-state index in [0.29, 0.717) is 37.1 Å². The first-order valence-corrected chi connectivity index (χ1v) is 12.4. The number of hydrogen-bond acceptors (Lipinski definition) is 6. The Morgan fingerprint density at radius 2 is 1.70 bits per heavy atom. The van der Waals surface area contributed by atoms with Gasteiger partial charge in [-0.3, -0.25) is 23.9 Å². The molecule has 0 aromatic carbocycles. The minimum Gasteiger partial charge on any atom is -0.455 e. The van der Waals surface area contributed by atoms with Crippen LogP contribution in [-0.4, -0.2) is 34.6 Å². The van der Waals surface area contributed by atoms with E-state index < -0.39 is 29.2 Å². The van der Waals surface area contributed by atoms with Gasteiger partial charge in [-0.25, -0.2) is 4.79 Å². The number of anilines is 2. The highest BCUT2D eigenvalue weighted by molar-refractivity contribution is 5.97. The van der Waals surface area contributed by atoms with Gasteiger partial charge in [0.05, 0.1) is 5.41 Å². The van der Waals surface area contributed by atoms with Gasteiger partial charge in [0.25, 0.3) is 11.5 Å². The second-order valence-corrected chi connectivity index (χ2v) is 10.3. The quantitative estimate of drug-likeness (QED) is 0.545. The van der Waals surface area contributed by atoms with Gasteiger partial charge in [-0.05, 0) is 69.1 Å². The summed E-state index contributed by atoms with van der Waals surface area (Å²) in [6.45, 7) is 4.01. The van der Waals surface area contributed by atoms with Crippen LogP contribution in [0.15, 0.2) is 9.59 Å². The highest BCUT2D eigenvalue weighted by Gasteiger charge is 2.55. The monoisotopic (exact) mass is 460 g/mol. The van der Waals surface area contributed by atoms with Crippen LogP contribution in [0, 0.1) is 23.2 Å². The van der Waals surface area contributed by atoms with Crippen molar-refractivity contribution in [2.75, 3.05) is 23.8 Å². The maximum atomic E-state index is 13.2. The van der Waals surface area contributed by atoms with E-state index in [1.54, 1.807) is 0 Å². The van der Waals surface area contributed by atoms with Gasteiger partial charge in [0.15, 0.2) is 12.3 Å². The van der Waals surface area contributed by atoms with Crippen LogP contribution >= 0.6 is 0 Å². The van der Waals surface area contributed by atoms with Crippen molar-refractivity contribution in [3.8, 4) is 0 Å². The molecule has 4 aliphatic rings. The number of unbranched alkanes of at least 4 members (excludes halogenated alkanes) is 1. The maximum Gasteiger partial charge on any atom is 0.330 e. The van der Waals surface area contributed by atoms with Crippen LogP contribution in [0.3, 0.4) is 0 Å². The number of aromatic nitrogens is 2. The molecule has 4 fully saturated rings. The number of nitrogen functional groups attached to an aromatic ring is 1. The fourth-order valence-corrected chi connectivity index (χ4v) is 6.68. The fourth-order valence-electron chi connectivity index (χ4n) is 6.68. The van der Waals surface area contributed by atoms with Crippen molar-refractivity contribution in [3.63, 3.8) is 0 Å². The van der Waals surface area contributed by atoms with E-state index in [-0.39, 0.29) is 24.0 Å². The lowest BCUT2D eigenvalue weighted by Crippen LogP contribution is -2.51. The number of nitrogens with zero attached hydrogens (tertiary/aromatic N) is 2. The molecule has 0 aliphatic heterocycles. The largest absolute Gasteiger partial charge is 0.455 e. The summed E-state index contributed by atoms with van der Waals surface area (Å²) < 4.78 is 6.87.